The van der Waals surface area contributed by atoms with Crippen molar-refractivity contribution in [3.63, 3.8) is 0 Å². The molecule has 0 spiro atoms. The average Bonchev–Trinajstić information content (AvgIpc) is 3.00. The second kappa shape index (κ2) is 10.2. The summed E-state index contributed by atoms with van der Waals surface area (Å²) in [5, 5.41) is 7.00. The van der Waals surface area contributed by atoms with Crippen molar-refractivity contribution in [2.75, 3.05) is 30.8 Å². The molecule has 0 saturated heterocycles. The summed E-state index contributed by atoms with van der Waals surface area (Å²) in [6.07, 6.45) is 0. The Hall–Kier alpha value is -1.97. The fourth-order valence-electron chi connectivity index (χ4n) is 2.83. The molecule has 29 heavy (non-hydrogen) atoms. The van der Waals surface area contributed by atoms with E-state index < -0.39 is 5.97 Å². The summed E-state index contributed by atoms with van der Waals surface area (Å²) in [6.45, 7) is 8.73. The van der Waals surface area contributed by atoms with Crippen LogP contribution in [0.4, 0.5) is 10.7 Å². The number of ether oxygens (including phenoxy) is 1. The third-order valence-electron chi connectivity index (χ3n) is 4.44. The number of carbonyl (C=O) groups is 2. The van der Waals surface area contributed by atoms with Gasteiger partial charge in [0, 0.05) is 23.2 Å². The molecule has 1 heterocycles. The van der Waals surface area contributed by atoms with Crippen molar-refractivity contribution in [2.45, 2.75) is 27.7 Å². The first-order chi connectivity index (χ1) is 13.7. The first-order valence-corrected chi connectivity index (χ1v) is 11.1. The maximum atomic E-state index is 12.9. The van der Waals surface area contributed by atoms with E-state index in [2.05, 4.69) is 26.6 Å². The van der Waals surface area contributed by atoms with Crippen LogP contribution in [0.15, 0.2) is 22.7 Å². The van der Waals surface area contributed by atoms with E-state index in [1.54, 1.807) is 11.8 Å². The number of hydrogen-bond acceptors (Lipinski definition) is 5. The van der Waals surface area contributed by atoms with Crippen molar-refractivity contribution in [2.24, 2.45) is 0 Å². The summed E-state index contributed by atoms with van der Waals surface area (Å²) in [4.78, 5) is 27.5. The van der Waals surface area contributed by atoms with Crippen LogP contribution in [0.2, 0.25) is 0 Å². The number of carbonyl (C=O) groups excluding carboxylic acids is 2. The topological polar surface area (TPSA) is 70.7 Å². The zero-order valence-corrected chi connectivity index (χ0v) is 20.2. The standard InChI is InChI=1S/C20H24BrN3O3S2/c1-6-24(7-2)18(25)16-12(4)15(19(26)27-5)17(29-16)23-20(28)22-14-9-8-13(21)10-11(14)3/h8-10H,6-7H2,1-5H3,(H2,22,23,28). The Balaban J connectivity index is 2.35. The summed E-state index contributed by atoms with van der Waals surface area (Å²) in [6, 6.07) is 5.79. The van der Waals surface area contributed by atoms with Gasteiger partial charge in [-0.25, -0.2) is 4.79 Å². The predicted molar refractivity (Wildman–Crippen MR) is 126 cm³/mol. The Bertz CT molecular complexity index is 939. The Morgan fingerprint density at radius 3 is 2.41 bits per heavy atom. The Morgan fingerprint density at radius 1 is 1.21 bits per heavy atom. The van der Waals surface area contributed by atoms with Crippen molar-refractivity contribution in [3.8, 4) is 0 Å². The average molecular weight is 498 g/mol. The lowest BCUT2D eigenvalue weighted by molar-refractivity contribution is 0.0601. The SMILES string of the molecule is CCN(CC)C(=O)c1sc(NC(=S)Nc2ccc(Br)cc2C)c(C(=O)OC)c1C. The minimum Gasteiger partial charge on any atom is -0.465 e. The molecule has 0 atom stereocenters. The van der Waals surface area contributed by atoms with Crippen LogP contribution in [0.5, 0.6) is 0 Å². The van der Waals surface area contributed by atoms with Gasteiger partial charge >= 0.3 is 5.97 Å². The number of esters is 1. The van der Waals surface area contributed by atoms with Crippen LogP contribution < -0.4 is 10.6 Å². The lowest BCUT2D eigenvalue weighted by Crippen LogP contribution is -2.30. The molecule has 1 amide bonds. The van der Waals surface area contributed by atoms with E-state index in [0.717, 1.165) is 15.7 Å². The molecule has 0 aliphatic heterocycles. The van der Waals surface area contributed by atoms with Gasteiger partial charge in [-0.1, -0.05) is 15.9 Å². The third-order valence-corrected chi connectivity index (χ3v) is 6.34. The van der Waals surface area contributed by atoms with Crippen LogP contribution in [0, 0.1) is 13.8 Å². The summed E-state index contributed by atoms with van der Waals surface area (Å²) in [5.41, 5.74) is 2.77. The van der Waals surface area contributed by atoms with Gasteiger partial charge in [0.2, 0.25) is 0 Å². The van der Waals surface area contributed by atoms with Crippen molar-refractivity contribution in [3.05, 3.63) is 44.2 Å². The van der Waals surface area contributed by atoms with Gasteiger partial charge in [-0.2, -0.15) is 0 Å². The van der Waals surface area contributed by atoms with Crippen LogP contribution >= 0.6 is 39.5 Å². The quantitative estimate of drug-likeness (QED) is 0.421. The summed E-state index contributed by atoms with van der Waals surface area (Å²) < 4.78 is 5.90. The second-order valence-electron chi connectivity index (χ2n) is 6.27. The van der Waals surface area contributed by atoms with Gasteiger partial charge in [0.1, 0.15) is 5.00 Å². The number of amides is 1. The molecule has 0 fully saturated rings. The number of hydrogen-bond donors (Lipinski definition) is 2. The summed E-state index contributed by atoms with van der Waals surface area (Å²) in [7, 11) is 1.32. The van der Waals surface area contributed by atoms with Gasteiger partial charge in [0.25, 0.3) is 5.91 Å². The molecule has 6 nitrogen and oxygen atoms in total. The van der Waals surface area contributed by atoms with Crippen LogP contribution in [-0.2, 0) is 4.74 Å². The highest BCUT2D eigenvalue weighted by atomic mass is 79.9. The maximum absolute atomic E-state index is 12.9. The number of nitrogens with one attached hydrogen (secondary N) is 2. The van der Waals surface area contributed by atoms with E-state index in [0.29, 0.717) is 39.2 Å². The van der Waals surface area contributed by atoms with Crippen LogP contribution in [0.25, 0.3) is 0 Å². The lowest BCUT2D eigenvalue weighted by atomic mass is 10.1. The highest BCUT2D eigenvalue weighted by Crippen LogP contribution is 2.35. The molecule has 0 aliphatic rings. The minimum absolute atomic E-state index is 0.113. The van der Waals surface area contributed by atoms with Crippen molar-refractivity contribution >= 4 is 67.2 Å². The van der Waals surface area contributed by atoms with Gasteiger partial charge < -0.3 is 20.3 Å². The van der Waals surface area contributed by atoms with Gasteiger partial charge in [0.15, 0.2) is 5.11 Å². The Kier molecular flexibility index (Phi) is 8.18. The molecule has 156 valence electrons. The number of nitrogens with zero attached hydrogens (tertiary/aromatic N) is 1. The van der Waals surface area contributed by atoms with Crippen molar-refractivity contribution in [1.82, 2.24) is 4.90 Å². The zero-order chi connectivity index (χ0) is 21.7. The van der Waals surface area contributed by atoms with Crippen LogP contribution in [0.1, 0.15) is 45.0 Å². The molecule has 9 heteroatoms. The number of rotatable bonds is 6. The molecular formula is C20H24BrN3O3S2. The number of halogens is 1. The molecule has 0 aliphatic carbocycles. The monoisotopic (exact) mass is 497 g/mol. The lowest BCUT2D eigenvalue weighted by Gasteiger charge is -2.18. The van der Waals surface area contributed by atoms with Gasteiger partial charge in [-0.3, -0.25) is 4.79 Å². The Labute approximate surface area is 188 Å². The summed E-state index contributed by atoms with van der Waals surface area (Å²) in [5.74, 6) is -0.624. The normalized spacial score (nSPS) is 10.4. The summed E-state index contributed by atoms with van der Waals surface area (Å²) >= 11 is 10.1. The van der Waals surface area contributed by atoms with E-state index in [1.807, 2.05) is 39.0 Å². The van der Waals surface area contributed by atoms with E-state index in [9.17, 15) is 9.59 Å². The molecule has 2 aromatic rings. The van der Waals surface area contributed by atoms with E-state index in [4.69, 9.17) is 17.0 Å². The highest BCUT2D eigenvalue weighted by Gasteiger charge is 2.27. The molecule has 0 radical (unpaired) electrons. The van der Waals surface area contributed by atoms with E-state index in [-0.39, 0.29) is 5.91 Å². The molecule has 2 rings (SSSR count). The van der Waals surface area contributed by atoms with Gasteiger partial charge in [-0.05, 0) is 69.2 Å². The van der Waals surface area contributed by atoms with Crippen molar-refractivity contribution < 1.29 is 14.3 Å². The van der Waals surface area contributed by atoms with Crippen LogP contribution in [0.3, 0.4) is 0 Å². The third kappa shape index (κ3) is 5.34. The number of thiophene rings is 1. The first kappa shape index (κ1) is 23.3. The number of aryl methyl sites for hydroxylation is 1. The largest absolute Gasteiger partial charge is 0.465 e. The molecule has 0 saturated carbocycles. The second-order valence-corrected chi connectivity index (χ2v) is 8.61. The van der Waals surface area contributed by atoms with E-state index in [1.165, 1.54) is 18.4 Å². The fourth-order valence-corrected chi connectivity index (χ4v) is 4.75. The van der Waals surface area contributed by atoms with Gasteiger partial charge in [-0.15, -0.1) is 11.3 Å². The minimum atomic E-state index is -0.512. The number of anilines is 2. The smallest absolute Gasteiger partial charge is 0.341 e. The molecule has 1 aromatic carbocycles. The molecule has 0 unspecified atom stereocenters. The molecular weight excluding hydrogens is 474 g/mol. The number of thiocarbonyl (C=S) groups is 1. The number of benzene rings is 1. The van der Waals surface area contributed by atoms with Gasteiger partial charge in [0.05, 0.1) is 17.6 Å². The fraction of sp³-hybridized carbons (Fsp3) is 0.350. The first-order valence-electron chi connectivity index (χ1n) is 9.08. The van der Waals surface area contributed by atoms with E-state index >= 15 is 0 Å². The molecule has 0 bridgehead atoms. The highest BCUT2D eigenvalue weighted by molar-refractivity contribution is 9.10. The zero-order valence-electron chi connectivity index (χ0n) is 17.0. The predicted octanol–water partition coefficient (Wildman–Crippen LogP) is 5.20. The number of methoxy groups -OCH3 is 1. The Morgan fingerprint density at radius 2 is 1.86 bits per heavy atom. The maximum Gasteiger partial charge on any atom is 0.341 e. The van der Waals surface area contributed by atoms with Crippen molar-refractivity contribution in [1.29, 1.82) is 0 Å². The molecule has 2 N–H and O–H groups in total. The van der Waals surface area contributed by atoms with Crippen LogP contribution in [-0.4, -0.2) is 42.1 Å². The molecule has 1 aromatic heterocycles.